The second kappa shape index (κ2) is 6.63. The zero-order valence-electron chi connectivity index (χ0n) is 13.2. The molecule has 1 aliphatic carbocycles. The molecule has 3 aliphatic rings. The first-order valence-corrected chi connectivity index (χ1v) is 8.53. The van der Waals surface area contributed by atoms with Crippen LogP contribution >= 0.6 is 0 Å². The van der Waals surface area contributed by atoms with Gasteiger partial charge in [0.2, 0.25) is 5.91 Å². The van der Waals surface area contributed by atoms with Crippen LogP contribution in [0.1, 0.15) is 44.9 Å². The number of hydrogen-bond donors (Lipinski definition) is 2. The van der Waals surface area contributed by atoms with Gasteiger partial charge >= 0.3 is 0 Å². The third-order valence-electron chi connectivity index (χ3n) is 5.66. The van der Waals surface area contributed by atoms with Gasteiger partial charge in [-0.1, -0.05) is 0 Å². The molecule has 1 saturated carbocycles. The summed E-state index contributed by atoms with van der Waals surface area (Å²) >= 11 is 0. The van der Waals surface area contributed by atoms with Gasteiger partial charge in [0.05, 0.1) is 11.6 Å². The van der Waals surface area contributed by atoms with E-state index in [9.17, 15) is 4.79 Å². The number of ether oxygens (including phenoxy) is 1. The summed E-state index contributed by atoms with van der Waals surface area (Å²) in [4.78, 5) is 15.0. The van der Waals surface area contributed by atoms with Crippen molar-refractivity contribution in [1.29, 1.82) is 0 Å². The van der Waals surface area contributed by atoms with E-state index in [4.69, 9.17) is 4.74 Å². The van der Waals surface area contributed by atoms with Gasteiger partial charge in [0.1, 0.15) is 0 Å². The zero-order chi connectivity index (χ0) is 14.7. The average molecular weight is 295 g/mol. The van der Waals surface area contributed by atoms with Gasteiger partial charge in [-0.2, -0.15) is 0 Å². The predicted molar refractivity (Wildman–Crippen MR) is 82.2 cm³/mol. The maximum Gasteiger partial charge on any atom is 0.237 e. The lowest BCUT2D eigenvalue weighted by Crippen LogP contribution is -2.54. The van der Waals surface area contributed by atoms with Crippen LogP contribution < -0.4 is 10.6 Å². The number of hydrogen-bond acceptors (Lipinski definition) is 4. The minimum atomic E-state index is -0.0755. The second-order valence-corrected chi connectivity index (χ2v) is 6.84. The highest BCUT2D eigenvalue weighted by atomic mass is 16.5. The Hall–Kier alpha value is -0.650. The Morgan fingerprint density at radius 1 is 1.29 bits per heavy atom. The molecule has 5 nitrogen and oxygen atoms in total. The largest absolute Gasteiger partial charge is 0.376 e. The number of nitrogens with zero attached hydrogens (tertiary/aromatic N) is 1. The summed E-state index contributed by atoms with van der Waals surface area (Å²) < 4.78 is 5.59. The molecule has 1 atom stereocenters. The van der Waals surface area contributed by atoms with Crippen LogP contribution in [0.2, 0.25) is 0 Å². The van der Waals surface area contributed by atoms with Crippen LogP contribution in [0, 0.1) is 0 Å². The Kier molecular flexibility index (Phi) is 4.82. The monoisotopic (exact) mass is 295 g/mol. The van der Waals surface area contributed by atoms with Crippen LogP contribution in [0.4, 0.5) is 0 Å². The molecular formula is C16H29N3O2. The van der Waals surface area contributed by atoms with Gasteiger partial charge in [0.25, 0.3) is 0 Å². The summed E-state index contributed by atoms with van der Waals surface area (Å²) in [7, 11) is 1.77. The van der Waals surface area contributed by atoms with E-state index in [0.29, 0.717) is 12.6 Å². The molecule has 0 aromatic carbocycles. The molecule has 2 heterocycles. The van der Waals surface area contributed by atoms with E-state index in [0.717, 1.165) is 45.3 Å². The number of piperidine rings is 1. The van der Waals surface area contributed by atoms with Gasteiger partial charge in [-0.05, 0) is 64.6 Å². The third kappa shape index (κ3) is 3.25. The van der Waals surface area contributed by atoms with Crippen molar-refractivity contribution < 1.29 is 9.53 Å². The molecular weight excluding hydrogens is 266 g/mol. The summed E-state index contributed by atoms with van der Waals surface area (Å²) in [6.07, 6.45) is 7.87. The summed E-state index contributed by atoms with van der Waals surface area (Å²) in [6.45, 7) is 3.93. The lowest BCUT2D eigenvalue weighted by atomic mass is 9.80. The van der Waals surface area contributed by atoms with Gasteiger partial charge in [-0.3, -0.25) is 9.69 Å². The van der Waals surface area contributed by atoms with Crippen molar-refractivity contribution in [3.05, 3.63) is 0 Å². The number of nitrogens with one attached hydrogen (secondary N) is 2. The Labute approximate surface area is 127 Å². The van der Waals surface area contributed by atoms with Crippen molar-refractivity contribution in [2.75, 3.05) is 33.3 Å². The first kappa shape index (κ1) is 15.3. The zero-order valence-corrected chi connectivity index (χ0v) is 13.2. The third-order valence-corrected chi connectivity index (χ3v) is 5.66. The molecule has 0 bridgehead atoms. The van der Waals surface area contributed by atoms with Crippen molar-refractivity contribution >= 4 is 5.91 Å². The Bertz CT molecular complexity index is 359. The number of amides is 1. The molecule has 2 N–H and O–H groups in total. The molecule has 0 aromatic rings. The number of likely N-dealkylation sites (tertiary alicyclic amines) is 1. The topological polar surface area (TPSA) is 53.6 Å². The van der Waals surface area contributed by atoms with E-state index in [1.165, 1.54) is 19.3 Å². The van der Waals surface area contributed by atoms with E-state index in [-0.39, 0.29) is 17.6 Å². The van der Waals surface area contributed by atoms with E-state index >= 15 is 0 Å². The molecule has 3 rings (SSSR count). The predicted octanol–water partition coefficient (Wildman–Crippen LogP) is 0.888. The molecule has 0 aromatic heterocycles. The fraction of sp³-hybridized carbons (Fsp3) is 0.938. The average Bonchev–Trinajstić information content (AvgIpc) is 2.97. The molecule has 0 spiro atoms. The number of carbonyl (C=O) groups is 1. The second-order valence-electron chi connectivity index (χ2n) is 6.84. The standard InChI is InChI=1S/C16H29N3O2/c1-21-16(7-3-8-16)12-18-15(20)14-4-2-11-19(14)13-5-9-17-10-6-13/h13-14,17H,2-12H2,1H3,(H,18,20). The maximum atomic E-state index is 12.6. The molecule has 1 amide bonds. The number of rotatable bonds is 5. The molecule has 120 valence electrons. The lowest BCUT2D eigenvalue weighted by molar-refractivity contribution is -0.130. The number of carbonyl (C=O) groups excluding carboxylic acids is 1. The molecule has 3 fully saturated rings. The van der Waals surface area contributed by atoms with E-state index in [1.54, 1.807) is 7.11 Å². The van der Waals surface area contributed by atoms with Crippen LogP contribution in [0.3, 0.4) is 0 Å². The van der Waals surface area contributed by atoms with Crippen molar-refractivity contribution in [3.63, 3.8) is 0 Å². The van der Waals surface area contributed by atoms with Gasteiger partial charge < -0.3 is 15.4 Å². The van der Waals surface area contributed by atoms with Gasteiger partial charge in [-0.15, -0.1) is 0 Å². The fourth-order valence-electron chi connectivity index (χ4n) is 4.04. The van der Waals surface area contributed by atoms with Crippen LogP contribution in [-0.4, -0.2) is 61.8 Å². The van der Waals surface area contributed by atoms with Crippen molar-refractivity contribution in [1.82, 2.24) is 15.5 Å². The summed E-state index contributed by atoms with van der Waals surface area (Å²) in [5.74, 6) is 0.217. The van der Waals surface area contributed by atoms with E-state index in [2.05, 4.69) is 15.5 Å². The lowest BCUT2D eigenvalue weighted by Gasteiger charge is -2.41. The molecule has 2 aliphatic heterocycles. The van der Waals surface area contributed by atoms with Crippen LogP contribution in [0.5, 0.6) is 0 Å². The van der Waals surface area contributed by atoms with Gasteiger partial charge in [-0.25, -0.2) is 0 Å². The van der Waals surface area contributed by atoms with Crippen molar-refractivity contribution in [2.24, 2.45) is 0 Å². The summed E-state index contributed by atoms with van der Waals surface area (Å²) in [6, 6.07) is 0.673. The first-order valence-electron chi connectivity index (χ1n) is 8.53. The SMILES string of the molecule is COC1(CNC(=O)C2CCCN2C2CCNCC2)CCC1. The molecule has 5 heteroatoms. The smallest absolute Gasteiger partial charge is 0.237 e. The molecule has 0 radical (unpaired) electrons. The molecule has 1 unspecified atom stereocenters. The van der Waals surface area contributed by atoms with Gasteiger partial charge in [0, 0.05) is 19.7 Å². The minimum Gasteiger partial charge on any atom is -0.376 e. The van der Waals surface area contributed by atoms with Crippen LogP contribution in [0.15, 0.2) is 0 Å². The van der Waals surface area contributed by atoms with E-state index < -0.39 is 0 Å². The van der Waals surface area contributed by atoms with Crippen molar-refractivity contribution in [3.8, 4) is 0 Å². The highest BCUT2D eigenvalue weighted by Gasteiger charge is 2.40. The summed E-state index contributed by atoms with van der Waals surface area (Å²) in [5, 5.41) is 6.57. The highest BCUT2D eigenvalue weighted by molar-refractivity contribution is 5.82. The molecule has 2 saturated heterocycles. The van der Waals surface area contributed by atoms with E-state index in [1.807, 2.05) is 0 Å². The first-order chi connectivity index (χ1) is 10.2. The maximum absolute atomic E-state index is 12.6. The fourth-order valence-corrected chi connectivity index (χ4v) is 4.04. The number of methoxy groups -OCH3 is 1. The quantitative estimate of drug-likeness (QED) is 0.791. The normalized spacial score (nSPS) is 30.0. The Morgan fingerprint density at radius 3 is 2.67 bits per heavy atom. The minimum absolute atomic E-state index is 0.0755. The summed E-state index contributed by atoms with van der Waals surface area (Å²) in [5.41, 5.74) is -0.0755. The Balaban J connectivity index is 1.53. The molecule has 21 heavy (non-hydrogen) atoms. The van der Waals surface area contributed by atoms with Crippen LogP contribution in [-0.2, 0) is 9.53 Å². The highest BCUT2D eigenvalue weighted by Crippen LogP contribution is 2.34. The van der Waals surface area contributed by atoms with Crippen molar-refractivity contribution in [2.45, 2.75) is 62.6 Å². The van der Waals surface area contributed by atoms with Gasteiger partial charge in [0.15, 0.2) is 0 Å². The van der Waals surface area contributed by atoms with Crippen LogP contribution in [0.25, 0.3) is 0 Å². The Morgan fingerprint density at radius 2 is 2.05 bits per heavy atom.